The number of benzene rings is 4. The van der Waals surface area contributed by atoms with Crippen LogP contribution in [0.2, 0.25) is 0 Å². The molecule has 4 aromatic carbocycles. The molecule has 0 aliphatic carbocycles. The minimum atomic E-state index is 0. The molecular formula is C26H17N2O3SZn-. The predicted molar refractivity (Wildman–Crippen MR) is 126 cm³/mol. The SMILES string of the molecule is Oc1ccccc1-c1nc2ccccc2o1.[S-]c1ccccc1-c1nc2ccccc2o1.[Zn]. The van der Waals surface area contributed by atoms with Crippen molar-refractivity contribution in [2.75, 3.05) is 0 Å². The van der Waals surface area contributed by atoms with Gasteiger partial charge in [0.05, 0.1) is 5.56 Å². The van der Waals surface area contributed by atoms with Crippen LogP contribution in [0.25, 0.3) is 45.1 Å². The van der Waals surface area contributed by atoms with Crippen molar-refractivity contribution in [2.24, 2.45) is 0 Å². The number of aromatic nitrogens is 2. The van der Waals surface area contributed by atoms with E-state index in [4.69, 9.17) is 21.5 Å². The Kier molecular flexibility index (Phi) is 6.83. The Morgan fingerprint density at radius 1 is 0.576 bits per heavy atom. The fraction of sp³-hybridized carbons (Fsp3) is 0. The number of hydrogen-bond donors (Lipinski definition) is 1. The number of phenols is 1. The minimum Gasteiger partial charge on any atom is -0.779 e. The van der Waals surface area contributed by atoms with Crippen molar-refractivity contribution in [1.82, 2.24) is 9.97 Å². The molecule has 6 aromatic rings. The van der Waals surface area contributed by atoms with Gasteiger partial charge in [-0.1, -0.05) is 60.7 Å². The van der Waals surface area contributed by atoms with Gasteiger partial charge in [-0.3, -0.25) is 0 Å². The van der Waals surface area contributed by atoms with Crippen LogP contribution in [0.4, 0.5) is 0 Å². The summed E-state index contributed by atoms with van der Waals surface area (Å²) in [6, 6.07) is 29.9. The van der Waals surface area contributed by atoms with Crippen LogP contribution in [0.15, 0.2) is 111 Å². The van der Waals surface area contributed by atoms with Crippen molar-refractivity contribution in [3.63, 3.8) is 0 Å². The molecule has 0 atom stereocenters. The van der Waals surface area contributed by atoms with Crippen LogP contribution in [-0.4, -0.2) is 15.1 Å². The van der Waals surface area contributed by atoms with E-state index >= 15 is 0 Å². The molecule has 0 amide bonds. The summed E-state index contributed by atoms with van der Waals surface area (Å²) in [7, 11) is 0. The second-order valence-electron chi connectivity index (χ2n) is 6.99. The van der Waals surface area contributed by atoms with E-state index in [1.165, 1.54) is 0 Å². The monoisotopic (exact) mass is 501 g/mol. The van der Waals surface area contributed by atoms with Gasteiger partial charge in [-0.15, -0.1) is 0 Å². The fourth-order valence-electron chi connectivity index (χ4n) is 3.27. The molecule has 2 aromatic heterocycles. The molecular weight excluding hydrogens is 486 g/mol. The van der Waals surface area contributed by atoms with Crippen molar-refractivity contribution < 1.29 is 33.4 Å². The van der Waals surface area contributed by atoms with E-state index in [2.05, 4.69) is 9.97 Å². The summed E-state index contributed by atoms with van der Waals surface area (Å²) in [6.07, 6.45) is 0. The van der Waals surface area contributed by atoms with Crippen molar-refractivity contribution in [3.05, 3.63) is 97.1 Å². The number of fused-ring (bicyclic) bond motifs is 2. The molecule has 1 N–H and O–H groups in total. The molecule has 5 nitrogen and oxygen atoms in total. The van der Waals surface area contributed by atoms with Gasteiger partial charge in [0.25, 0.3) is 0 Å². The van der Waals surface area contributed by atoms with E-state index < -0.39 is 0 Å². The van der Waals surface area contributed by atoms with E-state index in [1.807, 2.05) is 78.9 Å². The Labute approximate surface area is 208 Å². The van der Waals surface area contributed by atoms with Gasteiger partial charge < -0.3 is 26.6 Å². The first-order valence-electron chi connectivity index (χ1n) is 9.95. The van der Waals surface area contributed by atoms with Crippen molar-refractivity contribution in [1.29, 1.82) is 0 Å². The third-order valence-electron chi connectivity index (χ3n) is 4.84. The molecule has 0 aliphatic heterocycles. The Hall–Kier alpha value is -3.54. The van der Waals surface area contributed by atoms with Gasteiger partial charge in [0.1, 0.15) is 16.8 Å². The van der Waals surface area contributed by atoms with Crippen molar-refractivity contribution in [2.45, 2.75) is 4.90 Å². The summed E-state index contributed by atoms with van der Waals surface area (Å²) in [5, 5.41) is 9.69. The fourth-order valence-corrected chi connectivity index (χ4v) is 3.51. The number of rotatable bonds is 2. The predicted octanol–water partition coefficient (Wildman–Crippen LogP) is 6.60. The first-order valence-corrected chi connectivity index (χ1v) is 10.4. The summed E-state index contributed by atoms with van der Waals surface area (Å²) in [5.41, 5.74) is 4.64. The summed E-state index contributed by atoms with van der Waals surface area (Å²) in [4.78, 5) is 9.49. The third-order valence-corrected chi connectivity index (χ3v) is 5.20. The molecule has 0 spiro atoms. The number of phenolic OH excluding ortho intramolecular Hbond substituents is 1. The zero-order valence-electron chi connectivity index (χ0n) is 17.5. The second-order valence-corrected chi connectivity index (χ2v) is 7.43. The minimum absolute atomic E-state index is 0. The number of hydrogen-bond acceptors (Lipinski definition) is 6. The van der Waals surface area contributed by atoms with Crippen molar-refractivity contribution >= 4 is 34.8 Å². The van der Waals surface area contributed by atoms with E-state index in [-0.39, 0.29) is 25.2 Å². The maximum Gasteiger partial charge on any atom is 0.231 e. The van der Waals surface area contributed by atoms with E-state index in [0.717, 1.165) is 32.7 Å². The molecule has 2 heterocycles. The Bertz CT molecular complexity index is 1350. The van der Waals surface area contributed by atoms with Crippen LogP contribution in [0.1, 0.15) is 0 Å². The van der Waals surface area contributed by atoms with Crippen LogP contribution >= 0.6 is 0 Å². The molecule has 0 bridgehead atoms. The average molecular weight is 503 g/mol. The maximum atomic E-state index is 9.69. The number of oxazole rings is 2. The first kappa shape index (κ1) is 22.6. The summed E-state index contributed by atoms with van der Waals surface area (Å²) < 4.78 is 11.2. The van der Waals surface area contributed by atoms with Gasteiger partial charge in [-0.05, 0) is 36.4 Å². The second kappa shape index (κ2) is 9.94. The van der Waals surface area contributed by atoms with Gasteiger partial charge in [0.2, 0.25) is 11.8 Å². The molecule has 0 unspecified atom stereocenters. The van der Waals surface area contributed by atoms with E-state index in [0.29, 0.717) is 17.3 Å². The first-order chi connectivity index (χ1) is 15.7. The van der Waals surface area contributed by atoms with E-state index in [9.17, 15) is 5.11 Å². The number of nitrogens with zero attached hydrogens (tertiary/aromatic N) is 2. The molecule has 0 aliphatic rings. The number of aromatic hydroxyl groups is 1. The molecule has 0 saturated heterocycles. The molecule has 33 heavy (non-hydrogen) atoms. The summed E-state index contributed by atoms with van der Waals surface area (Å²) >= 11 is 5.24. The molecule has 0 radical (unpaired) electrons. The van der Waals surface area contributed by atoms with Crippen LogP contribution in [0.5, 0.6) is 5.75 Å². The summed E-state index contributed by atoms with van der Waals surface area (Å²) in [5.74, 6) is 1.21. The van der Waals surface area contributed by atoms with Crippen LogP contribution in [0, 0.1) is 0 Å². The van der Waals surface area contributed by atoms with Gasteiger partial charge >= 0.3 is 0 Å². The Balaban J connectivity index is 0.000000152. The number of para-hydroxylation sites is 5. The van der Waals surface area contributed by atoms with Crippen molar-refractivity contribution in [3.8, 4) is 28.7 Å². The van der Waals surface area contributed by atoms with Gasteiger partial charge in [0, 0.05) is 25.0 Å². The van der Waals surface area contributed by atoms with Gasteiger partial charge in [-0.2, -0.15) is 4.90 Å². The largest absolute Gasteiger partial charge is 0.779 e. The molecule has 158 valence electrons. The smallest absolute Gasteiger partial charge is 0.231 e. The Morgan fingerprint density at radius 2 is 1.03 bits per heavy atom. The Morgan fingerprint density at radius 3 is 1.58 bits per heavy atom. The van der Waals surface area contributed by atoms with E-state index in [1.54, 1.807) is 18.2 Å². The molecule has 0 saturated carbocycles. The van der Waals surface area contributed by atoms with Gasteiger partial charge in [0.15, 0.2) is 11.2 Å². The zero-order chi connectivity index (χ0) is 21.9. The standard InChI is InChI=1S/C13H9NO2.C13H9NOS.Zn/c15-11-7-3-1-5-9(11)13-14-10-6-2-4-8-12(10)16-13;16-12-8-4-1-5-9(12)13-14-10-6-2-3-7-11(10)15-13;/h1-8,15H;1-8,16H;/p-1. The van der Waals surface area contributed by atoms with Crippen LogP contribution in [-0.2, 0) is 32.1 Å². The maximum absolute atomic E-state index is 9.69. The van der Waals surface area contributed by atoms with Gasteiger partial charge in [-0.25, -0.2) is 9.97 Å². The topological polar surface area (TPSA) is 72.3 Å². The third kappa shape index (κ3) is 4.80. The average Bonchev–Trinajstić information content (AvgIpc) is 3.44. The molecule has 7 heteroatoms. The normalized spacial score (nSPS) is 10.4. The zero-order valence-corrected chi connectivity index (χ0v) is 21.3. The molecule has 6 rings (SSSR count). The molecule has 0 fully saturated rings. The summed E-state index contributed by atoms with van der Waals surface area (Å²) in [6.45, 7) is 0. The van der Waals surface area contributed by atoms with Crippen LogP contribution < -0.4 is 0 Å². The van der Waals surface area contributed by atoms with Crippen LogP contribution in [0.3, 0.4) is 0 Å². The quantitative estimate of drug-likeness (QED) is 0.212.